The summed E-state index contributed by atoms with van der Waals surface area (Å²) in [7, 11) is 0. The zero-order valence-electron chi connectivity index (χ0n) is 11.3. The largest absolute Gasteiger partial charge is 0.454 e. The Hall–Kier alpha value is -1.30. The molecule has 0 aliphatic carbocycles. The molecule has 0 radical (unpaired) electrons. The molecule has 19 heavy (non-hydrogen) atoms. The number of hydrogen-bond acceptors (Lipinski definition) is 5. The molecular formula is C14H20O5. The first-order valence-corrected chi connectivity index (χ1v) is 6.47. The first-order chi connectivity index (χ1) is 9.20. The first kappa shape index (κ1) is 14.1. The van der Waals surface area contributed by atoms with E-state index < -0.39 is 6.10 Å². The van der Waals surface area contributed by atoms with Gasteiger partial charge in [0, 0.05) is 6.61 Å². The van der Waals surface area contributed by atoms with Gasteiger partial charge >= 0.3 is 0 Å². The van der Waals surface area contributed by atoms with Gasteiger partial charge in [-0.15, -0.1) is 0 Å². The number of aliphatic hydroxyl groups is 1. The number of rotatable bonds is 7. The summed E-state index contributed by atoms with van der Waals surface area (Å²) in [6.45, 7) is 5.52. The van der Waals surface area contributed by atoms with E-state index in [4.69, 9.17) is 18.9 Å². The summed E-state index contributed by atoms with van der Waals surface area (Å²) in [6, 6.07) is 5.39. The predicted octanol–water partition coefficient (Wildman–Crippen LogP) is 1.89. The Morgan fingerprint density at radius 3 is 2.84 bits per heavy atom. The summed E-state index contributed by atoms with van der Waals surface area (Å²) in [5.74, 6) is 1.38. The van der Waals surface area contributed by atoms with Crippen LogP contribution in [0.2, 0.25) is 0 Å². The van der Waals surface area contributed by atoms with E-state index in [0.717, 1.165) is 5.56 Å². The van der Waals surface area contributed by atoms with E-state index in [9.17, 15) is 5.11 Å². The summed E-state index contributed by atoms with van der Waals surface area (Å²) in [5.41, 5.74) is 0.757. The SMILES string of the molecule is CCOCC(C)OCC(O)c1ccc2c(c1)OCO2. The van der Waals surface area contributed by atoms with Crippen LogP contribution in [0.4, 0.5) is 0 Å². The zero-order valence-corrected chi connectivity index (χ0v) is 11.3. The minimum absolute atomic E-state index is 0.0383. The monoisotopic (exact) mass is 268 g/mol. The van der Waals surface area contributed by atoms with Gasteiger partial charge in [-0.3, -0.25) is 0 Å². The molecule has 5 heteroatoms. The van der Waals surface area contributed by atoms with Crippen LogP contribution in [0.1, 0.15) is 25.5 Å². The molecule has 1 aromatic rings. The van der Waals surface area contributed by atoms with E-state index in [0.29, 0.717) is 24.7 Å². The lowest BCUT2D eigenvalue weighted by molar-refractivity contribution is -0.0395. The van der Waals surface area contributed by atoms with E-state index in [-0.39, 0.29) is 19.5 Å². The fourth-order valence-corrected chi connectivity index (χ4v) is 1.80. The maximum Gasteiger partial charge on any atom is 0.231 e. The Kier molecular flexibility index (Phi) is 5.01. The highest BCUT2D eigenvalue weighted by molar-refractivity contribution is 5.45. The maximum atomic E-state index is 10.1. The topological polar surface area (TPSA) is 57.2 Å². The molecule has 0 amide bonds. The summed E-state index contributed by atoms with van der Waals surface area (Å²) in [4.78, 5) is 0. The van der Waals surface area contributed by atoms with Crippen LogP contribution in [-0.2, 0) is 9.47 Å². The summed E-state index contributed by atoms with van der Waals surface area (Å²) < 4.78 is 21.3. The second-order valence-electron chi connectivity index (χ2n) is 4.43. The van der Waals surface area contributed by atoms with Crippen molar-refractivity contribution in [3.63, 3.8) is 0 Å². The van der Waals surface area contributed by atoms with Crippen LogP contribution < -0.4 is 9.47 Å². The van der Waals surface area contributed by atoms with E-state index in [1.54, 1.807) is 12.1 Å². The molecule has 2 rings (SSSR count). The van der Waals surface area contributed by atoms with E-state index >= 15 is 0 Å². The molecule has 2 unspecified atom stereocenters. The molecule has 0 spiro atoms. The van der Waals surface area contributed by atoms with Crippen LogP contribution in [0.25, 0.3) is 0 Å². The minimum atomic E-state index is -0.682. The Balaban J connectivity index is 1.84. The zero-order chi connectivity index (χ0) is 13.7. The smallest absolute Gasteiger partial charge is 0.231 e. The van der Waals surface area contributed by atoms with Crippen molar-refractivity contribution in [1.29, 1.82) is 0 Å². The third-order valence-electron chi connectivity index (χ3n) is 2.88. The molecule has 106 valence electrons. The van der Waals surface area contributed by atoms with Crippen molar-refractivity contribution in [1.82, 2.24) is 0 Å². The molecule has 0 bridgehead atoms. The minimum Gasteiger partial charge on any atom is -0.454 e. The van der Waals surface area contributed by atoms with Gasteiger partial charge in [0.2, 0.25) is 6.79 Å². The molecule has 1 aliphatic rings. The fraction of sp³-hybridized carbons (Fsp3) is 0.571. The molecule has 0 fully saturated rings. The number of hydrogen-bond donors (Lipinski definition) is 1. The molecule has 1 aromatic carbocycles. The van der Waals surface area contributed by atoms with E-state index in [1.807, 2.05) is 19.9 Å². The maximum absolute atomic E-state index is 10.1. The number of ether oxygens (including phenoxy) is 4. The van der Waals surface area contributed by atoms with Crippen LogP contribution in [0, 0.1) is 0 Å². The van der Waals surface area contributed by atoms with E-state index in [1.165, 1.54) is 0 Å². The van der Waals surface area contributed by atoms with Crippen LogP contribution in [0.5, 0.6) is 11.5 Å². The lowest BCUT2D eigenvalue weighted by Crippen LogP contribution is -2.19. The second-order valence-corrected chi connectivity index (χ2v) is 4.43. The summed E-state index contributed by atoms with van der Waals surface area (Å²) in [5, 5.41) is 10.1. The molecule has 1 aliphatic heterocycles. The van der Waals surface area contributed by atoms with Crippen molar-refractivity contribution in [2.24, 2.45) is 0 Å². The number of aliphatic hydroxyl groups excluding tert-OH is 1. The summed E-state index contributed by atoms with van der Waals surface area (Å²) in [6.07, 6.45) is -0.720. The third kappa shape index (κ3) is 3.83. The Labute approximate surface area is 113 Å². The third-order valence-corrected chi connectivity index (χ3v) is 2.88. The molecule has 1 N–H and O–H groups in total. The van der Waals surface area contributed by atoms with Crippen molar-refractivity contribution in [2.75, 3.05) is 26.6 Å². The van der Waals surface area contributed by atoms with Crippen molar-refractivity contribution in [3.05, 3.63) is 23.8 Å². The highest BCUT2D eigenvalue weighted by Gasteiger charge is 2.17. The van der Waals surface area contributed by atoms with Gasteiger partial charge < -0.3 is 24.1 Å². The van der Waals surface area contributed by atoms with Crippen LogP contribution in [0.3, 0.4) is 0 Å². The van der Waals surface area contributed by atoms with Gasteiger partial charge in [0.05, 0.1) is 19.3 Å². The van der Waals surface area contributed by atoms with Crippen LogP contribution in [0.15, 0.2) is 18.2 Å². The predicted molar refractivity (Wildman–Crippen MR) is 69.4 cm³/mol. The molecule has 2 atom stereocenters. The normalized spacial score (nSPS) is 16.4. The molecule has 5 nitrogen and oxygen atoms in total. The second kappa shape index (κ2) is 6.75. The van der Waals surface area contributed by atoms with Crippen molar-refractivity contribution < 1.29 is 24.1 Å². The van der Waals surface area contributed by atoms with Gasteiger partial charge in [0.25, 0.3) is 0 Å². The Morgan fingerprint density at radius 2 is 2.05 bits per heavy atom. The Bertz CT molecular complexity index is 407. The molecular weight excluding hydrogens is 248 g/mol. The molecule has 0 aromatic heterocycles. The van der Waals surface area contributed by atoms with Crippen LogP contribution >= 0.6 is 0 Å². The fourth-order valence-electron chi connectivity index (χ4n) is 1.80. The lowest BCUT2D eigenvalue weighted by Gasteiger charge is -2.16. The van der Waals surface area contributed by atoms with Crippen molar-refractivity contribution in [2.45, 2.75) is 26.1 Å². The van der Waals surface area contributed by atoms with E-state index in [2.05, 4.69) is 0 Å². The van der Waals surface area contributed by atoms with Crippen molar-refractivity contribution >= 4 is 0 Å². The van der Waals surface area contributed by atoms with Gasteiger partial charge in [0.1, 0.15) is 6.10 Å². The van der Waals surface area contributed by atoms with Gasteiger partial charge in [-0.2, -0.15) is 0 Å². The molecule has 0 saturated carbocycles. The van der Waals surface area contributed by atoms with Crippen molar-refractivity contribution in [3.8, 4) is 11.5 Å². The molecule has 0 saturated heterocycles. The average molecular weight is 268 g/mol. The quantitative estimate of drug-likeness (QED) is 0.818. The lowest BCUT2D eigenvalue weighted by atomic mass is 10.1. The van der Waals surface area contributed by atoms with Gasteiger partial charge in [-0.1, -0.05) is 6.07 Å². The van der Waals surface area contributed by atoms with Gasteiger partial charge in [-0.25, -0.2) is 0 Å². The summed E-state index contributed by atoms with van der Waals surface area (Å²) >= 11 is 0. The number of fused-ring (bicyclic) bond motifs is 1. The van der Waals surface area contributed by atoms with Gasteiger partial charge in [-0.05, 0) is 31.5 Å². The average Bonchev–Trinajstić information content (AvgIpc) is 2.89. The highest BCUT2D eigenvalue weighted by Crippen LogP contribution is 2.34. The molecule has 1 heterocycles. The van der Waals surface area contributed by atoms with Gasteiger partial charge in [0.15, 0.2) is 11.5 Å². The number of benzene rings is 1. The Morgan fingerprint density at radius 1 is 1.26 bits per heavy atom. The highest BCUT2D eigenvalue weighted by atomic mass is 16.7. The van der Waals surface area contributed by atoms with Crippen LogP contribution in [-0.4, -0.2) is 37.8 Å². The standard InChI is InChI=1S/C14H20O5/c1-3-16-7-10(2)17-8-12(15)11-4-5-13-14(6-11)19-9-18-13/h4-6,10,12,15H,3,7-9H2,1-2H3. The first-order valence-electron chi connectivity index (χ1n) is 6.47.